The van der Waals surface area contributed by atoms with Gasteiger partial charge in [0.05, 0.1) is 21.5 Å². The van der Waals surface area contributed by atoms with E-state index in [9.17, 15) is 9.59 Å². The van der Waals surface area contributed by atoms with Gasteiger partial charge in [-0.25, -0.2) is 4.79 Å². The molecule has 0 aliphatic rings. The molecule has 0 atom stereocenters. The van der Waals surface area contributed by atoms with Crippen LogP contribution in [0.4, 0.5) is 10.5 Å². The summed E-state index contributed by atoms with van der Waals surface area (Å²) in [4.78, 5) is 28.1. The second-order valence-electron chi connectivity index (χ2n) is 6.75. The highest BCUT2D eigenvalue weighted by Crippen LogP contribution is 2.36. The number of benzene rings is 1. The van der Waals surface area contributed by atoms with Gasteiger partial charge in [0.25, 0.3) is 5.91 Å². The number of para-hydroxylation sites is 2. The fourth-order valence-electron chi connectivity index (χ4n) is 2.33. The standard InChI is InChI=1S/C19H19N3O4S/c1-19(2,3)26-18(24)22-12-6-4-5-7-13(12)25-14-9-21-10-16-11(14)8-15(27-16)17(20)23/h4-10H,1-3H3,(H2,20,23)(H,22,24). The molecule has 0 fully saturated rings. The predicted octanol–water partition coefficient (Wildman–Crippen LogP) is 4.53. The van der Waals surface area contributed by atoms with Gasteiger partial charge in [0.15, 0.2) is 11.5 Å². The molecule has 3 rings (SSSR count). The van der Waals surface area contributed by atoms with Crippen molar-refractivity contribution in [2.75, 3.05) is 5.32 Å². The lowest BCUT2D eigenvalue weighted by molar-refractivity contribution is 0.0635. The minimum atomic E-state index is -0.614. The minimum Gasteiger partial charge on any atom is -0.453 e. The molecule has 0 spiro atoms. The highest BCUT2D eigenvalue weighted by molar-refractivity contribution is 7.20. The Hall–Kier alpha value is -3.13. The van der Waals surface area contributed by atoms with Gasteiger partial charge in [-0.15, -0.1) is 11.3 Å². The Labute approximate surface area is 160 Å². The number of hydrogen-bond donors (Lipinski definition) is 2. The Kier molecular flexibility index (Phi) is 5.00. The normalized spacial score (nSPS) is 11.2. The third-order valence-corrected chi connectivity index (χ3v) is 4.48. The lowest BCUT2D eigenvalue weighted by Crippen LogP contribution is -2.27. The Morgan fingerprint density at radius 2 is 1.89 bits per heavy atom. The first-order chi connectivity index (χ1) is 12.7. The van der Waals surface area contributed by atoms with Crippen molar-refractivity contribution in [2.45, 2.75) is 26.4 Å². The number of pyridine rings is 1. The first-order valence-corrected chi connectivity index (χ1v) is 8.99. The molecule has 0 bridgehead atoms. The van der Waals surface area contributed by atoms with Crippen molar-refractivity contribution in [3.05, 3.63) is 47.6 Å². The molecule has 2 heterocycles. The molecule has 140 valence electrons. The molecule has 2 aromatic heterocycles. The first-order valence-electron chi connectivity index (χ1n) is 8.17. The number of nitrogens with one attached hydrogen (secondary N) is 1. The van der Waals surface area contributed by atoms with E-state index in [1.807, 2.05) is 0 Å². The van der Waals surface area contributed by atoms with Crippen molar-refractivity contribution < 1.29 is 19.1 Å². The van der Waals surface area contributed by atoms with Gasteiger partial charge in [0.1, 0.15) is 5.60 Å². The Bertz CT molecular complexity index is 1010. The van der Waals surface area contributed by atoms with E-state index in [1.54, 1.807) is 63.5 Å². The number of primary amides is 1. The number of ether oxygens (including phenoxy) is 2. The molecule has 0 aliphatic carbocycles. The SMILES string of the molecule is CC(C)(C)OC(=O)Nc1ccccc1Oc1cncc2sc(C(N)=O)cc12. The maximum absolute atomic E-state index is 12.1. The number of carbonyl (C=O) groups is 2. The second kappa shape index (κ2) is 7.24. The van der Waals surface area contributed by atoms with Crippen molar-refractivity contribution in [1.29, 1.82) is 0 Å². The number of amides is 2. The Morgan fingerprint density at radius 1 is 1.15 bits per heavy atom. The van der Waals surface area contributed by atoms with Gasteiger partial charge in [0.2, 0.25) is 0 Å². The zero-order valence-electron chi connectivity index (χ0n) is 15.1. The number of thiophene rings is 1. The molecule has 0 unspecified atom stereocenters. The zero-order valence-corrected chi connectivity index (χ0v) is 15.9. The average Bonchev–Trinajstić information content (AvgIpc) is 3.00. The maximum Gasteiger partial charge on any atom is 0.412 e. The largest absolute Gasteiger partial charge is 0.453 e. The topological polar surface area (TPSA) is 104 Å². The summed E-state index contributed by atoms with van der Waals surface area (Å²) in [6.07, 6.45) is 2.61. The second-order valence-corrected chi connectivity index (χ2v) is 7.83. The molecule has 1 aromatic carbocycles. The number of anilines is 1. The van der Waals surface area contributed by atoms with Gasteiger partial charge < -0.3 is 15.2 Å². The van der Waals surface area contributed by atoms with Crippen LogP contribution in [0.25, 0.3) is 10.1 Å². The van der Waals surface area contributed by atoms with Crippen LogP contribution in [0.2, 0.25) is 0 Å². The van der Waals surface area contributed by atoms with Gasteiger partial charge in [0, 0.05) is 11.6 Å². The van der Waals surface area contributed by atoms with E-state index in [0.717, 1.165) is 10.1 Å². The molecular formula is C19H19N3O4S. The summed E-state index contributed by atoms with van der Waals surface area (Å²) in [5.74, 6) is 0.369. The number of aromatic nitrogens is 1. The number of fused-ring (bicyclic) bond motifs is 1. The lowest BCUT2D eigenvalue weighted by Gasteiger charge is -2.20. The van der Waals surface area contributed by atoms with Crippen LogP contribution < -0.4 is 15.8 Å². The van der Waals surface area contributed by atoms with Crippen molar-refractivity contribution >= 4 is 39.1 Å². The summed E-state index contributed by atoms with van der Waals surface area (Å²) >= 11 is 1.24. The van der Waals surface area contributed by atoms with Crippen LogP contribution in [0, 0.1) is 0 Å². The van der Waals surface area contributed by atoms with Crippen molar-refractivity contribution in [1.82, 2.24) is 4.98 Å². The highest BCUT2D eigenvalue weighted by Gasteiger charge is 2.18. The van der Waals surface area contributed by atoms with Crippen molar-refractivity contribution in [2.24, 2.45) is 5.73 Å². The van der Waals surface area contributed by atoms with Gasteiger partial charge >= 0.3 is 6.09 Å². The molecule has 27 heavy (non-hydrogen) atoms. The molecule has 3 N–H and O–H groups in total. The van der Waals surface area contributed by atoms with Crippen LogP contribution in [0.15, 0.2) is 42.7 Å². The third-order valence-electron chi connectivity index (χ3n) is 3.40. The van der Waals surface area contributed by atoms with Gasteiger partial charge in [-0.2, -0.15) is 0 Å². The average molecular weight is 385 g/mol. The molecule has 0 saturated carbocycles. The fourth-order valence-corrected chi connectivity index (χ4v) is 3.23. The molecule has 2 amide bonds. The molecular weight excluding hydrogens is 366 g/mol. The molecule has 0 radical (unpaired) electrons. The third kappa shape index (κ3) is 4.53. The molecule has 0 saturated heterocycles. The number of carbonyl (C=O) groups excluding carboxylic acids is 2. The molecule has 0 aliphatic heterocycles. The smallest absolute Gasteiger partial charge is 0.412 e. The van der Waals surface area contributed by atoms with Crippen LogP contribution in [0.1, 0.15) is 30.4 Å². The summed E-state index contributed by atoms with van der Waals surface area (Å²) in [5, 5.41) is 3.40. The van der Waals surface area contributed by atoms with Crippen LogP contribution in [0.3, 0.4) is 0 Å². The quantitative estimate of drug-likeness (QED) is 0.686. The fraction of sp³-hybridized carbons (Fsp3) is 0.211. The van der Waals surface area contributed by atoms with Gasteiger partial charge in [-0.1, -0.05) is 12.1 Å². The van der Waals surface area contributed by atoms with Crippen molar-refractivity contribution in [3.63, 3.8) is 0 Å². The Morgan fingerprint density at radius 3 is 2.59 bits per heavy atom. The first kappa shape index (κ1) is 18.7. The summed E-state index contributed by atoms with van der Waals surface area (Å²) in [6.45, 7) is 5.36. The summed E-state index contributed by atoms with van der Waals surface area (Å²) in [5.41, 5.74) is 5.20. The van der Waals surface area contributed by atoms with E-state index in [0.29, 0.717) is 22.1 Å². The van der Waals surface area contributed by atoms with E-state index >= 15 is 0 Å². The van der Waals surface area contributed by atoms with E-state index < -0.39 is 17.6 Å². The zero-order chi connectivity index (χ0) is 19.6. The van der Waals surface area contributed by atoms with Crippen LogP contribution in [-0.4, -0.2) is 22.6 Å². The Balaban J connectivity index is 1.89. The number of nitrogens with two attached hydrogens (primary N) is 1. The van der Waals surface area contributed by atoms with Gasteiger partial charge in [-0.3, -0.25) is 15.1 Å². The predicted molar refractivity (Wildman–Crippen MR) is 105 cm³/mol. The van der Waals surface area contributed by atoms with E-state index in [-0.39, 0.29) is 0 Å². The van der Waals surface area contributed by atoms with Crippen LogP contribution in [0.5, 0.6) is 11.5 Å². The number of hydrogen-bond acceptors (Lipinski definition) is 6. The summed E-state index contributed by atoms with van der Waals surface area (Å²) in [6, 6.07) is 8.64. The van der Waals surface area contributed by atoms with E-state index in [4.69, 9.17) is 15.2 Å². The molecule has 3 aromatic rings. The summed E-state index contributed by atoms with van der Waals surface area (Å²) in [7, 11) is 0. The summed E-state index contributed by atoms with van der Waals surface area (Å²) < 4.78 is 12.0. The molecule has 7 nitrogen and oxygen atoms in total. The number of nitrogens with zero attached hydrogens (tertiary/aromatic N) is 1. The molecule has 8 heteroatoms. The van der Waals surface area contributed by atoms with E-state index in [1.165, 1.54) is 11.3 Å². The minimum absolute atomic E-state index is 0.419. The monoisotopic (exact) mass is 385 g/mol. The van der Waals surface area contributed by atoms with Crippen LogP contribution in [-0.2, 0) is 4.74 Å². The van der Waals surface area contributed by atoms with E-state index in [2.05, 4.69) is 10.3 Å². The van der Waals surface area contributed by atoms with Crippen molar-refractivity contribution in [3.8, 4) is 11.5 Å². The number of rotatable bonds is 4. The lowest BCUT2D eigenvalue weighted by atomic mass is 10.2. The highest BCUT2D eigenvalue weighted by atomic mass is 32.1. The maximum atomic E-state index is 12.1. The van der Waals surface area contributed by atoms with Crippen LogP contribution >= 0.6 is 11.3 Å². The van der Waals surface area contributed by atoms with Gasteiger partial charge in [-0.05, 0) is 39.0 Å².